The van der Waals surface area contributed by atoms with E-state index < -0.39 is 0 Å². The molecule has 2 fully saturated rings. The lowest BCUT2D eigenvalue weighted by Crippen LogP contribution is -2.40. The lowest BCUT2D eigenvalue weighted by atomic mass is 9.88. The Morgan fingerprint density at radius 3 is 2.71 bits per heavy atom. The number of carbonyl (C=O) groups excluding carboxylic acids is 2. The van der Waals surface area contributed by atoms with Gasteiger partial charge in [0, 0.05) is 45.4 Å². The molecule has 2 aliphatic rings. The number of pyridine rings is 1. The summed E-state index contributed by atoms with van der Waals surface area (Å²) in [6, 6.07) is 1.37. The SMILES string of the molecule is COc1c[nH]c(C(=O)N(C)[C@@H]2C[C@@H]3CC(=O)N(C)C[C@@H]3C2)cc1=O. The highest BCUT2D eigenvalue weighted by Crippen LogP contribution is 2.40. The van der Waals surface area contributed by atoms with Crippen LogP contribution in [0.2, 0.25) is 0 Å². The summed E-state index contributed by atoms with van der Waals surface area (Å²) < 4.78 is 4.92. The average molecular weight is 333 g/mol. The third kappa shape index (κ3) is 2.90. The fraction of sp³-hybridized carbons (Fsp3) is 0.588. The normalized spacial score (nSPS) is 26.2. The Balaban J connectivity index is 1.72. The lowest BCUT2D eigenvalue weighted by molar-refractivity contribution is -0.134. The van der Waals surface area contributed by atoms with E-state index in [9.17, 15) is 14.4 Å². The maximum atomic E-state index is 12.7. The molecular weight excluding hydrogens is 310 g/mol. The fourth-order valence-electron chi connectivity index (χ4n) is 3.90. The second-order valence-corrected chi connectivity index (χ2v) is 6.82. The predicted octanol–water partition coefficient (Wildman–Crippen LogP) is 0.712. The van der Waals surface area contributed by atoms with Gasteiger partial charge in [0.05, 0.1) is 7.11 Å². The second-order valence-electron chi connectivity index (χ2n) is 6.82. The molecule has 2 amide bonds. The van der Waals surface area contributed by atoms with E-state index in [-0.39, 0.29) is 34.7 Å². The van der Waals surface area contributed by atoms with Crippen molar-refractivity contribution in [1.82, 2.24) is 14.8 Å². The van der Waals surface area contributed by atoms with Crippen molar-refractivity contribution in [2.24, 2.45) is 11.8 Å². The van der Waals surface area contributed by atoms with Gasteiger partial charge in [0.15, 0.2) is 5.75 Å². The Labute approximate surface area is 140 Å². The molecule has 1 aliphatic carbocycles. The molecule has 0 spiro atoms. The van der Waals surface area contributed by atoms with Crippen LogP contribution < -0.4 is 10.2 Å². The van der Waals surface area contributed by atoms with Crippen LogP contribution in [0.15, 0.2) is 17.1 Å². The number of likely N-dealkylation sites (tertiary alicyclic amines) is 1. The molecule has 3 atom stereocenters. The molecule has 1 aromatic heterocycles. The van der Waals surface area contributed by atoms with Gasteiger partial charge in [-0.25, -0.2) is 0 Å². The van der Waals surface area contributed by atoms with Crippen LogP contribution in [-0.2, 0) is 4.79 Å². The van der Waals surface area contributed by atoms with Crippen molar-refractivity contribution < 1.29 is 14.3 Å². The van der Waals surface area contributed by atoms with Crippen LogP contribution in [0.3, 0.4) is 0 Å². The number of H-pyrrole nitrogens is 1. The van der Waals surface area contributed by atoms with E-state index in [1.165, 1.54) is 19.4 Å². The minimum absolute atomic E-state index is 0.0948. The topological polar surface area (TPSA) is 82.7 Å². The van der Waals surface area contributed by atoms with E-state index in [0.29, 0.717) is 18.3 Å². The van der Waals surface area contributed by atoms with Crippen LogP contribution in [0.4, 0.5) is 0 Å². The van der Waals surface area contributed by atoms with Crippen LogP contribution in [0, 0.1) is 11.8 Å². The molecule has 7 heteroatoms. The standard InChI is InChI=1S/C17H23N3O4/c1-19-9-11-5-12(4-10(11)6-16(19)22)20(2)17(23)13-7-14(21)15(24-3)8-18-13/h7-8,10-12H,4-6,9H2,1-3H3,(H,18,21)/t10-,11+,12-/m1/s1. The van der Waals surface area contributed by atoms with E-state index in [1.807, 2.05) is 7.05 Å². The van der Waals surface area contributed by atoms with E-state index in [0.717, 1.165) is 19.4 Å². The first-order chi connectivity index (χ1) is 11.4. The van der Waals surface area contributed by atoms with Gasteiger partial charge in [-0.3, -0.25) is 14.4 Å². The number of methoxy groups -OCH3 is 1. The molecular formula is C17H23N3O4. The molecule has 1 N–H and O–H groups in total. The third-order valence-corrected chi connectivity index (χ3v) is 5.38. The first kappa shape index (κ1) is 16.5. The predicted molar refractivity (Wildman–Crippen MR) is 88.0 cm³/mol. The number of rotatable bonds is 3. The number of fused-ring (bicyclic) bond motifs is 1. The second kappa shape index (κ2) is 6.30. The van der Waals surface area contributed by atoms with Crippen molar-refractivity contribution in [3.8, 4) is 5.75 Å². The average Bonchev–Trinajstić information content (AvgIpc) is 2.96. The van der Waals surface area contributed by atoms with Gasteiger partial charge in [-0.2, -0.15) is 0 Å². The first-order valence-electron chi connectivity index (χ1n) is 8.18. The van der Waals surface area contributed by atoms with E-state index in [2.05, 4.69) is 4.98 Å². The highest BCUT2D eigenvalue weighted by molar-refractivity contribution is 5.92. The summed E-state index contributed by atoms with van der Waals surface area (Å²) in [5.74, 6) is 0.956. The minimum Gasteiger partial charge on any atom is -0.491 e. The molecule has 0 bridgehead atoms. The van der Waals surface area contributed by atoms with Gasteiger partial charge in [0.1, 0.15) is 5.69 Å². The van der Waals surface area contributed by atoms with Crippen molar-refractivity contribution in [1.29, 1.82) is 0 Å². The van der Waals surface area contributed by atoms with Gasteiger partial charge in [-0.15, -0.1) is 0 Å². The lowest BCUT2D eigenvalue weighted by Gasteiger charge is -2.31. The number of ether oxygens (including phenoxy) is 1. The summed E-state index contributed by atoms with van der Waals surface area (Å²) in [6.07, 6.45) is 3.71. The molecule has 130 valence electrons. The van der Waals surface area contributed by atoms with E-state index in [4.69, 9.17) is 4.74 Å². The van der Waals surface area contributed by atoms with Gasteiger partial charge in [-0.05, 0) is 24.7 Å². The summed E-state index contributed by atoms with van der Waals surface area (Å²) in [7, 11) is 5.01. The molecule has 1 saturated heterocycles. The number of hydrogen-bond donors (Lipinski definition) is 1. The van der Waals surface area contributed by atoms with Gasteiger partial charge in [0.25, 0.3) is 5.91 Å². The number of nitrogens with one attached hydrogen (secondary N) is 1. The van der Waals surface area contributed by atoms with Crippen molar-refractivity contribution in [2.45, 2.75) is 25.3 Å². The third-order valence-electron chi connectivity index (χ3n) is 5.38. The van der Waals surface area contributed by atoms with Crippen molar-refractivity contribution in [3.63, 3.8) is 0 Å². The van der Waals surface area contributed by atoms with Crippen LogP contribution in [0.1, 0.15) is 29.8 Å². The Bertz CT molecular complexity index is 714. The molecule has 1 aliphatic heterocycles. The molecule has 1 saturated carbocycles. The van der Waals surface area contributed by atoms with E-state index >= 15 is 0 Å². The van der Waals surface area contributed by atoms with Crippen LogP contribution >= 0.6 is 0 Å². The molecule has 0 unspecified atom stereocenters. The smallest absolute Gasteiger partial charge is 0.270 e. The number of aromatic nitrogens is 1. The van der Waals surface area contributed by atoms with Gasteiger partial charge >= 0.3 is 0 Å². The van der Waals surface area contributed by atoms with Gasteiger partial charge < -0.3 is 19.5 Å². The molecule has 7 nitrogen and oxygen atoms in total. The van der Waals surface area contributed by atoms with Gasteiger partial charge in [0.2, 0.25) is 11.3 Å². The molecule has 3 rings (SSSR count). The van der Waals surface area contributed by atoms with Crippen molar-refractivity contribution >= 4 is 11.8 Å². The number of nitrogens with zero attached hydrogens (tertiary/aromatic N) is 2. The zero-order valence-electron chi connectivity index (χ0n) is 14.2. The molecule has 1 aromatic rings. The Kier molecular flexibility index (Phi) is 4.34. The minimum atomic E-state index is -0.319. The number of amides is 2. The number of piperidine rings is 1. The quantitative estimate of drug-likeness (QED) is 0.883. The summed E-state index contributed by atoms with van der Waals surface area (Å²) in [5, 5.41) is 0. The zero-order valence-corrected chi connectivity index (χ0v) is 14.2. The number of carbonyl (C=O) groups is 2. The molecule has 0 aromatic carbocycles. The summed E-state index contributed by atoms with van der Waals surface area (Å²) in [4.78, 5) is 42.7. The van der Waals surface area contributed by atoms with Crippen LogP contribution in [0.5, 0.6) is 5.75 Å². The maximum Gasteiger partial charge on any atom is 0.270 e. The highest BCUT2D eigenvalue weighted by Gasteiger charge is 2.42. The van der Waals surface area contributed by atoms with Gasteiger partial charge in [-0.1, -0.05) is 0 Å². The Morgan fingerprint density at radius 2 is 2.04 bits per heavy atom. The summed E-state index contributed by atoms with van der Waals surface area (Å²) in [5.41, 5.74) is -0.0633. The fourth-order valence-corrected chi connectivity index (χ4v) is 3.90. The zero-order chi connectivity index (χ0) is 17.4. The van der Waals surface area contributed by atoms with Crippen molar-refractivity contribution in [2.75, 3.05) is 27.7 Å². The van der Waals surface area contributed by atoms with Crippen LogP contribution in [-0.4, -0.2) is 60.4 Å². The molecule has 2 heterocycles. The monoisotopic (exact) mass is 333 g/mol. The molecule has 0 radical (unpaired) electrons. The summed E-state index contributed by atoms with van der Waals surface area (Å²) >= 11 is 0. The largest absolute Gasteiger partial charge is 0.491 e. The summed E-state index contributed by atoms with van der Waals surface area (Å²) in [6.45, 7) is 0.765. The maximum absolute atomic E-state index is 12.7. The van der Waals surface area contributed by atoms with Crippen LogP contribution in [0.25, 0.3) is 0 Å². The highest BCUT2D eigenvalue weighted by atomic mass is 16.5. The van der Waals surface area contributed by atoms with Crippen molar-refractivity contribution in [3.05, 3.63) is 28.2 Å². The number of hydrogen-bond acceptors (Lipinski definition) is 4. The van der Waals surface area contributed by atoms with E-state index in [1.54, 1.807) is 16.8 Å². The first-order valence-corrected chi connectivity index (χ1v) is 8.18. The Hall–Kier alpha value is -2.31. The number of aromatic amines is 1. The molecule has 24 heavy (non-hydrogen) atoms. The Morgan fingerprint density at radius 1 is 1.33 bits per heavy atom.